The van der Waals surface area contributed by atoms with Crippen LogP contribution in [0.1, 0.15) is 12.0 Å². The minimum absolute atomic E-state index is 0.116. The molecule has 2 amide bonds. The van der Waals surface area contributed by atoms with Gasteiger partial charge in [-0.1, -0.05) is 53.5 Å². The van der Waals surface area contributed by atoms with E-state index in [0.717, 1.165) is 11.1 Å². The molecule has 3 rings (SSSR count). The number of rotatable bonds is 7. The van der Waals surface area contributed by atoms with Crippen LogP contribution in [0.5, 0.6) is 0 Å². The first-order chi connectivity index (χ1) is 13.0. The van der Waals surface area contributed by atoms with Crippen molar-refractivity contribution in [1.82, 2.24) is 10.3 Å². The van der Waals surface area contributed by atoms with Crippen LogP contribution in [0, 0.1) is 0 Å². The summed E-state index contributed by atoms with van der Waals surface area (Å²) in [5, 5.41) is 7.75. The number of benzene rings is 1. The lowest BCUT2D eigenvalue weighted by Gasteiger charge is -2.05. The van der Waals surface area contributed by atoms with Crippen LogP contribution in [0.2, 0.25) is 8.67 Å². The van der Waals surface area contributed by atoms with E-state index >= 15 is 0 Å². The number of hydrogen-bond acceptors (Lipinski definition) is 5. The van der Waals surface area contributed by atoms with Gasteiger partial charge in [-0.2, -0.15) is 0 Å². The first kappa shape index (κ1) is 19.8. The molecule has 0 atom stereocenters. The van der Waals surface area contributed by atoms with Gasteiger partial charge in [-0.3, -0.25) is 9.59 Å². The van der Waals surface area contributed by atoms with Gasteiger partial charge in [0, 0.05) is 23.9 Å². The van der Waals surface area contributed by atoms with Gasteiger partial charge in [0.25, 0.3) is 0 Å². The van der Waals surface area contributed by atoms with Crippen LogP contribution < -0.4 is 10.6 Å². The van der Waals surface area contributed by atoms with Gasteiger partial charge in [-0.25, -0.2) is 4.98 Å². The molecule has 0 radical (unpaired) electrons. The van der Waals surface area contributed by atoms with E-state index in [1.54, 1.807) is 6.07 Å². The van der Waals surface area contributed by atoms with Crippen LogP contribution in [0.15, 0.2) is 41.8 Å². The molecule has 140 valence electrons. The van der Waals surface area contributed by atoms with Crippen molar-refractivity contribution in [3.05, 3.63) is 56.0 Å². The van der Waals surface area contributed by atoms with E-state index in [-0.39, 0.29) is 24.8 Å². The number of carbonyl (C=O) groups excluding carboxylic acids is 2. The van der Waals surface area contributed by atoms with E-state index in [4.69, 9.17) is 23.2 Å². The highest BCUT2D eigenvalue weighted by molar-refractivity contribution is 7.20. The van der Waals surface area contributed by atoms with Gasteiger partial charge in [-0.05, 0) is 11.6 Å². The number of halogens is 2. The Labute approximate surface area is 174 Å². The van der Waals surface area contributed by atoms with Crippen LogP contribution >= 0.6 is 45.9 Å². The fourth-order valence-electron chi connectivity index (χ4n) is 2.31. The van der Waals surface area contributed by atoms with E-state index in [1.165, 1.54) is 22.7 Å². The molecule has 0 saturated heterocycles. The van der Waals surface area contributed by atoms with Crippen molar-refractivity contribution in [2.24, 2.45) is 0 Å². The summed E-state index contributed by atoms with van der Waals surface area (Å²) < 4.78 is 1.14. The molecule has 1 aromatic carbocycles. The van der Waals surface area contributed by atoms with E-state index in [2.05, 4.69) is 15.6 Å². The van der Waals surface area contributed by atoms with Crippen molar-refractivity contribution in [2.45, 2.75) is 12.8 Å². The monoisotopic (exact) mass is 439 g/mol. The van der Waals surface area contributed by atoms with Crippen molar-refractivity contribution >= 4 is 62.8 Å². The molecule has 0 unspecified atom stereocenters. The maximum Gasteiger partial charge on any atom is 0.227 e. The average molecular weight is 440 g/mol. The first-order valence-electron chi connectivity index (χ1n) is 8.02. The van der Waals surface area contributed by atoms with Gasteiger partial charge < -0.3 is 10.6 Å². The molecule has 3 aromatic rings. The summed E-state index contributed by atoms with van der Waals surface area (Å²) in [6, 6.07) is 11.2. The minimum atomic E-state index is -0.217. The molecule has 0 bridgehead atoms. The summed E-state index contributed by atoms with van der Waals surface area (Å²) in [7, 11) is 0. The topological polar surface area (TPSA) is 71.1 Å². The van der Waals surface area contributed by atoms with Crippen molar-refractivity contribution in [3.8, 4) is 11.3 Å². The van der Waals surface area contributed by atoms with Crippen molar-refractivity contribution < 1.29 is 9.59 Å². The van der Waals surface area contributed by atoms with Crippen LogP contribution in [-0.2, 0) is 16.0 Å². The molecule has 0 aliphatic heterocycles. The maximum atomic E-state index is 12.0. The Hall–Kier alpha value is -1.93. The molecule has 0 aliphatic carbocycles. The first-order valence-corrected chi connectivity index (χ1v) is 10.5. The summed E-state index contributed by atoms with van der Waals surface area (Å²) in [5.41, 5.74) is 2.35. The second-order valence-electron chi connectivity index (χ2n) is 5.59. The lowest BCUT2D eigenvalue weighted by molar-refractivity contribution is -0.120. The highest BCUT2D eigenvalue weighted by atomic mass is 35.5. The minimum Gasteiger partial charge on any atom is -0.355 e. The standard InChI is InChI=1S/C18H15Cl2N3O2S2/c19-14-9-12(17(20)27-14)13-10-26-18(22-13)23-15(24)6-7-21-16(25)8-11-4-2-1-3-5-11/h1-5,9-10H,6-8H2,(H,21,25)(H,22,23,24). The normalized spacial score (nSPS) is 10.6. The predicted molar refractivity (Wildman–Crippen MR) is 112 cm³/mol. The number of aromatic nitrogens is 1. The summed E-state index contributed by atoms with van der Waals surface area (Å²) in [5.74, 6) is -0.333. The number of anilines is 1. The molecular formula is C18H15Cl2N3O2S2. The highest BCUT2D eigenvalue weighted by Crippen LogP contribution is 2.38. The number of carbonyl (C=O) groups is 2. The molecule has 5 nitrogen and oxygen atoms in total. The average Bonchev–Trinajstić information content (AvgIpc) is 3.21. The van der Waals surface area contributed by atoms with Crippen molar-refractivity contribution in [2.75, 3.05) is 11.9 Å². The number of amides is 2. The van der Waals surface area contributed by atoms with Crippen molar-refractivity contribution in [1.29, 1.82) is 0 Å². The molecular weight excluding hydrogens is 425 g/mol. The van der Waals surface area contributed by atoms with Crippen LogP contribution in [0.4, 0.5) is 5.13 Å². The third-order valence-corrected chi connectivity index (χ3v) is 5.81. The fourth-order valence-corrected chi connectivity index (χ4v) is 4.52. The predicted octanol–water partition coefficient (Wildman–Crippen LogP) is 4.87. The second kappa shape index (κ2) is 9.32. The Kier molecular flexibility index (Phi) is 6.84. The van der Waals surface area contributed by atoms with Gasteiger partial charge in [0.15, 0.2) is 5.13 Å². The number of thiazole rings is 1. The SMILES string of the molecule is O=C(Cc1ccccc1)NCCC(=O)Nc1nc(-c2cc(Cl)sc2Cl)cs1. The fraction of sp³-hybridized carbons (Fsp3) is 0.167. The summed E-state index contributed by atoms with van der Waals surface area (Å²) >= 11 is 14.6. The number of nitrogens with zero attached hydrogens (tertiary/aromatic N) is 1. The van der Waals surface area contributed by atoms with E-state index < -0.39 is 0 Å². The Balaban J connectivity index is 1.44. The van der Waals surface area contributed by atoms with E-state index in [9.17, 15) is 9.59 Å². The largest absolute Gasteiger partial charge is 0.355 e. The summed E-state index contributed by atoms with van der Waals surface area (Å²) in [4.78, 5) is 28.3. The van der Waals surface area contributed by atoms with Gasteiger partial charge in [0.2, 0.25) is 11.8 Å². The van der Waals surface area contributed by atoms with Crippen LogP contribution in [-0.4, -0.2) is 23.3 Å². The third-order valence-electron chi connectivity index (χ3n) is 3.56. The third kappa shape index (κ3) is 5.77. The zero-order chi connectivity index (χ0) is 19.2. The summed E-state index contributed by atoms with van der Waals surface area (Å²) in [6.07, 6.45) is 0.461. The molecule has 2 heterocycles. The van der Waals surface area contributed by atoms with Crippen LogP contribution in [0.25, 0.3) is 11.3 Å². The zero-order valence-electron chi connectivity index (χ0n) is 14.0. The van der Waals surface area contributed by atoms with Crippen LogP contribution in [0.3, 0.4) is 0 Å². The zero-order valence-corrected chi connectivity index (χ0v) is 17.1. The Morgan fingerprint density at radius 1 is 1.11 bits per heavy atom. The van der Waals surface area contributed by atoms with Crippen molar-refractivity contribution in [3.63, 3.8) is 0 Å². The molecule has 0 aliphatic rings. The molecule has 0 spiro atoms. The molecule has 2 N–H and O–H groups in total. The second-order valence-corrected chi connectivity index (χ2v) is 8.73. The highest BCUT2D eigenvalue weighted by Gasteiger charge is 2.13. The quantitative estimate of drug-likeness (QED) is 0.551. The number of hydrogen-bond donors (Lipinski definition) is 2. The Bertz CT molecular complexity index is 941. The Morgan fingerprint density at radius 3 is 2.59 bits per heavy atom. The smallest absolute Gasteiger partial charge is 0.227 e. The Morgan fingerprint density at radius 2 is 1.89 bits per heavy atom. The van der Waals surface area contributed by atoms with Gasteiger partial charge >= 0.3 is 0 Å². The molecule has 2 aromatic heterocycles. The van der Waals surface area contributed by atoms with E-state index in [1.807, 2.05) is 35.7 Å². The molecule has 27 heavy (non-hydrogen) atoms. The number of nitrogens with one attached hydrogen (secondary N) is 2. The number of thiophene rings is 1. The lowest BCUT2D eigenvalue weighted by Crippen LogP contribution is -2.28. The molecule has 9 heteroatoms. The van der Waals surface area contributed by atoms with Gasteiger partial charge in [0.05, 0.1) is 16.5 Å². The molecule has 0 saturated carbocycles. The molecule has 0 fully saturated rings. The van der Waals surface area contributed by atoms with E-state index in [0.29, 0.717) is 25.9 Å². The van der Waals surface area contributed by atoms with Gasteiger partial charge in [-0.15, -0.1) is 22.7 Å². The lowest BCUT2D eigenvalue weighted by atomic mass is 10.1. The maximum absolute atomic E-state index is 12.0. The van der Waals surface area contributed by atoms with Gasteiger partial charge in [0.1, 0.15) is 4.34 Å². The summed E-state index contributed by atoms with van der Waals surface area (Å²) in [6.45, 7) is 0.266.